The molecule has 0 N–H and O–H groups in total. The number of esters is 1. The zero-order valence-corrected chi connectivity index (χ0v) is 24.5. The number of fused-ring (bicyclic) bond motifs is 1. The maximum atomic E-state index is 14.1. The predicted molar refractivity (Wildman–Crippen MR) is 157 cm³/mol. The summed E-state index contributed by atoms with van der Waals surface area (Å²) in [4.78, 5) is 45.4. The summed E-state index contributed by atoms with van der Waals surface area (Å²) in [6.45, 7) is 5.19. The van der Waals surface area contributed by atoms with Crippen LogP contribution in [0.5, 0.6) is 5.75 Å². The number of hydrogen-bond donors (Lipinski definition) is 0. The lowest BCUT2D eigenvalue weighted by atomic mass is 10.1. The number of halogens is 1. The number of hydrogen-bond acceptors (Lipinski definition) is 8. The zero-order valence-electron chi connectivity index (χ0n) is 23.0. The Hall–Kier alpha value is -3.47. The first-order valence-corrected chi connectivity index (χ1v) is 14.7. The van der Waals surface area contributed by atoms with Gasteiger partial charge in [-0.2, -0.15) is 0 Å². The van der Waals surface area contributed by atoms with E-state index in [0.717, 1.165) is 35.8 Å². The van der Waals surface area contributed by atoms with Gasteiger partial charge in [-0.05, 0) is 61.0 Å². The summed E-state index contributed by atoms with van der Waals surface area (Å²) in [6, 6.07) is 16.3. The fourth-order valence-electron chi connectivity index (χ4n) is 5.15. The minimum absolute atomic E-state index is 0.0968. The number of carbonyl (C=O) groups is 3. The van der Waals surface area contributed by atoms with Crippen LogP contribution in [-0.4, -0.2) is 80.1 Å². The number of piperazine rings is 1. The Morgan fingerprint density at radius 3 is 2.46 bits per heavy atom. The molecular formula is C30H32ClN3O6S. The molecule has 2 aromatic carbocycles. The number of thioether (sulfide) groups is 1. The smallest absolute Gasteiger partial charge is 0.303 e. The Morgan fingerprint density at radius 2 is 1.80 bits per heavy atom. The molecule has 41 heavy (non-hydrogen) atoms. The van der Waals surface area contributed by atoms with Crippen LogP contribution in [-0.2, 0) is 14.3 Å². The van der Waals surface area contributed by atoms with Crippen LogP contribution in [0.1, 0.15) is 34.7 Å². The monoisotopic (exact) mass is 597 g/mol. The second-order valence-corrected chi connectivity index (χ2v) is 11.5. The number of rotatable bonds is 8. The maximum absolute atomic E-state index is 14.1. The average molecular weight is 598 g/mol. The highest BCUT2D eigenvalue weighted by Crippen LogP contribution is 2.47. The van der Waals surface area contributed by atoms with Crippen molar-refractivity contribution in [3.05, 3.63) is 77.2 Å². The van der Waals surface area contributed by atoms with Crippen molar-refractivity contribution in [2.75, 3.05) is 51.3 Å². The van der Waals surface area contributed by atoms with Crippen molar-refractivity contribution in [2.24, 2.45) is 0 Å². The van der Waals surface area contributed by atoms with Crippen molar-refractivity contribution in [2.45, 2.75) is 29.6 Å². The molecular weight excluding hydrogens is 566 g/mol. The molecule has 2 atom stereocenters. The molecule has 0 aliphatic carbocycles. The Morgan fingerprint density at radius 1 is 1.05 bits per heavy atom. The molecule has 1 fully saturated rings. The van der Waals surface area contributed by atoms with E-state index in [-0.39, 0.29) is 11.8 Å². The lowest BCUT2D eigenvalue weighted by molar-refractivity contribution is -0.152. The van der Waals surface area contributed by atoms with Gasteiger partial charge in [-0.15, -0.1) is 11.8 Å². The van der Waals surface area contributed by atoms with Crippen molar-refractivity contribution >= 4 is 46.8 Å². The van der Waals surface area contributed by atoms with E-state index >= 15 is 0 Å². The Balaban J connectivity index is 1.30. The van der Waals surface area contributed by atoms with Gasteiger partial charge in [0.15, 0.2) is 11.9 Å². The van der Waals surface area contributed by atoms with E-state index in [1.54, 1.807) is 35.1 Å². The minimum atomic E-state index is -1.02. The van der Waals surface area contributed by atoms with E-state index in [4.69, 9.17) is 25.5 Å². The standard InChI is InChI=1S/C30H32ClN3O6S/c1-20(35)40-27-28(21-6-9-23(38-2)10-7-21)41-26-19-22(31)8-11-24(26)34(30(27)37)13-4-12-32-14-16-33(17-15-32)29(36)25-5-3-18-39-25/h3,5-11,18-19,27-28H,4,12-17H2,1-2H3. The summed E-state index contributed by atoms with van der Waals surface area (Å²) < 4.78 is 16.2. The summed E-state index contributed by atoms with van der Waals surface area (Å²) in [5, 5.41) is 0.0873. The van der Waals surface area contributed by atoms with Crippen LogP contribution in [0.3, 0.4) is 0 Å². The van der Waals surface area contributed by atoms with Crippen LogP contribution in [0, 0.1) is 0 Å². The zero-order chi connectivity index (χ0) is 28.9. The summed E-state index contributed by atoms with van der Waals surface area (Å²) in [5.74, 6) is 0.154. The van der Waals surface area contributed by atoms with Gasteiger partial charge in [-0.1, -0.05) is 23.7 Å². The first kappa shape index (κ1) is 29.0. The average Bonchev–Trinajstić information content (AvgIpc) is 3.49. The SMILES string of the molecule is COc1ccc(C2Sc3cc(Cl)ccc3N(CCCN3CCN(C(=O)c4ccco4)CC3)C(=O)C2OC(C)=O)cc1. The number of methoxy groups -OCH3 is 1. The third kappa shape index (κ3) is 6.72. The molecule has 216 valence electrons. The van der Waals surface area contributed by atoms with E-state index < -0.39 is 17.3 Å². The van der Waals surface area contributed by atoms with Crippen molar-refractivity contribution < 1.29 is 28.3 Å². The molecule has 1 saturated heterocycles. The summed E-state index contributed by atoms with van der Waals surface area (Å²) in [6.07, 6.45) is 1.18. The third-order valence-electron chi connectivity index (χ3n) is 7.24. The molecule has 1 aromatic heterocycles. The molecule has 2 unspecified atom stereocenters. The van der Waals surface area contributed by atoms with E-state index in [1.165, 1.54) is 24.9 Å². The summed E-state index contributed by atoms with van der Waals surface area (Å²) in [5.41, 5.74) is 1.58. The number of nitrogens with zero attached hydrogens (tertiary/aromatic N) is 3. The molecule has 0 bridgehead atoms. The minimum Gasteiger partial charge on any atom is -0.497 e. The van der Waals surface area contributed by atoms with Crippen molar-refractivity contribution in [1.29, 1.82) is 0 Å². The van der Waals surface area contributed by atoms with Gasteiger partial charge >= 0.3 is 5.97 Å². The molecule has 2 aliphatic rings. The number of ether oxygens (including phenoxy) is 2. The molecule has 2 amide bonds. The van der Waals surface area contributed by atoms with Gasteiger partial charge in [0.2, 0.25) is 0 Å². The third-order valence-corrected chi connectivity index (χ3v) is 8.83. The highest BCUT2D eigenvalue weighted by atomic mass is 35.5. The topological polar surface area (TPSA) is 92.5 Å². The van der Waals surface area contributed by atoms with Gasteiger partial charge < -0.3 is 23.7 Å². The molecule has 3 aromatic rings. The number of furan rings is 1. The van der Waals surface area contributed by atoms with Gasteiger partial charge in [-0.3, -0.25) is 19.3 Å². The fraction of sp³-hybridized carbons (Fsp3) is 0.367. The molecule has 2 aliphatic heterocycles. The number of benzene rings is 2. The van der Waals surface area contributed by atoms with Crippen molar-refractivity contribution in [3.8, 4) is 5.75 Å². The highest BCUT2D eigenvalue weighted by molar-refractivity contribution is 7.99. The second kappa shape index (κ2) is 13.0. The Kier molecular flexibility index (Phi) is 9.22. The normalized spacial score (nSPS) is 19.4. The van der Waals surface area contributed by atoms with Crippen molar-refractivity contribution in [1.82, 2.24) is 9.80 Å². The van der Waals surface area contributed by atoms with Crippen LogP contribution in [0.2, 0.25) is 5.02 Å². The van der Waals surface area contributed by atoms with E-state index in [2.05, 4.69) is 4.90 Å². The van der Waals surface area contributed by atoms with Crippen LogP contribution < -0.4 is 9.64 Å². The van der Waals surface area contributed by atoms with Gasteiger partial charge in [0.1, 0.15) is 5.75 Å². The first-order valence-electron chi connectivity index (χ1n) is 13.5. The number of carbonyl (C=O) groups excluding carboxylic acids is 3. The van der Waals surface area contributed by atoms with E-state index in [9.17, 15) is 14.4 Å². The van der Waals surface area contributed by atoms with Crippen LogP contribution in [0.4, 0.5) is 5.69 Å². The quantitative estimate of drug-likeness (QED) is 0.339. The fourth-order valence-corrected chi connectivity index (χ4v) is 6.74. The van der Waals surface area contributed by atoms with Gasteiger partial charge in [0.05, 0.1) is 24.3 Å². The first-order chi connectivity index (χ1) is 19.8. The Bertz CT molecular complexity index is 1380. The van der Waals surface area contributed by atoms with E-state index in [0.29, 0.717) is 42.6 Å². The van der Waals surface area contributed by atoms with Crippen molar-refractivity contribution in [3.63, 3.8) is 0 Å². The lowest BCUT2D eigenvalue weighted by Crippen LogP contribution is -2.49. The largest absolute Gasteiger partial charge is 0.497 e. The highest BCUT2D eigenvalue weighted by Gasteiger charge is 2.41. The van der Waals surface area contributed by atoms with Gasteiger partial charge in [0, 0.05) is 49.6 Å². The molecule has 0 saturated carbocycles. The Labute approximate surface area is 248 Å². The van der Waals surface area contributed by atoms with E-state index in [1.807, 2.05) is 36.4 Å². The maximum Gasteiger partial charge on any atom is 0.303 e. The van der Waals surface area contributed by atoms with Crippen LogP contribution in [0.15, 0.2) is 70.2 Å². The summed E-state index contributed by atoms with van der Waals surface area (Å²) >= 11 is 7.84. The van der Waals surface area contributed by atoms with Crippen LogP contribution in [0.25, 0.3) is 0 Å². The lowest BCUT2D eigenvalue weighted by Gasteiger charge is -2.35. The second-order valence-electron chi connectivity index (χ2n) is 9.91. The van der Waals surface area contributed by atoms with Crippen LogP contribution >= 0.6 is 23.4 Å². The number of amides is 2. The molecule has 0 spiro atoms. The molecule has 0 radical (unpaired) electrons. The van der Waals surface area contributed by atoms with Gasteiger partial charge in [0.25, 0.3) is 11.8 Å². The number of anilines is 1. The predicted octanol–water partition coefficient (Wildman–Crippen LogP) is 4.90. The molecule has 11 heteroatoms. The molecule has 9 nitrogen and oxygen atoms in total. The molecule has 5 rings (SSSR count). The van der Waals surface area contributed by atoms with Gasteiger partial charge in [-0.25, -0.2) is 0 Å². The summed E-state index contributed by atoms with van der Waals surface area (Å²) in [7, 11) is 1.59. The molecule has 3 heterocycles.